The molecule has 5 aromatic rings. The molecule has 7 rings (SSSR count). The van der Waals surface area contributed by atoms with Gasteiger partial charge in [-0.05, 0) is 95.1 Å². The topological polar surface area (TPSA) is 169 Å². The van der Waals surface area contributed by atoms with Gasteiger partial charge in [0.1, 0.15) is 41.5 Å². The number of halogens is 2. The monoisotopic (exact) mass is 903 g/mol. The Morgan fingerprint density at radius 1 is 0.954 bits per heavy atom. The second kappa shape index (κ2) is 19.8. The summed E-state index contributed by atoms with van der Waals surface area (Å²) in [6.07, 6.45) is 2.75. The fraction of sp³-hybridized carbons (Fsp3) is 0.478. The third kappa shape index (κ3) is 11.3. The number of nitrogens with zero attached hydrogens (tertiary/aromatic N) is 8. The van der Waals surface area contributed by atoms with Crippen molar-refractivity contribution in [3.63, 3.8) is 0 Å². The zero-order valence-corrected chi connectivity index (χ0v) is 37.5. The first kappa shape index (κ1) is 46.6. The Balaban J connectivity index is 0.916. The number of carbonyl (C=O) groups is 2. The molecule has 65 heavy (non-hydrogen) atoms. The molecule has 5 atom stereocenters. The summed E-state index contributed by atoms with van der Waals surface area (Å²) in [6, 6.07) is 18.8. The molecule has 0 aliphatic carbocycles. The molecule has 0 amide bonds. The molecule has 0 bridgehead atoms. The Kier molecular flexibility index (Phi) is 14.2. The third-order valence-corrected chi connectivity index (χ3v) is 11.5. The molecular formula is C46H57F2N8O9+. The lowest BCUT2D eigenvalue weighted by molar-refractivity contribution is -0.754. The van der Waals surface area contributed by atoms with Crippen molar-refractivity contribution in [1.82, 2.24) is 24.1 Å². The predicted molar refractivity (Wildman–Crippen MR) is 233 cm³/mol. The zero-order chi connectivity index (χ0) is 46.5. The lowest BCUT2D eigenvalue weighted by Crippen LogP contribution is -2.46. The van der Waals surface area contributed by atoms with Crippen molar-refractivity contribution >= 4 is 23.5 Å². The lowest BCUT2D eigenvalue weighted by Gasteiger charge is -2.37. The fourth-order valence-electron chi connectivity index (χ4n) is 8.26. The van der Waals surface area contributed by atoms with E-state index in [0.717, 1.165) is 43.6 Å². The average Bonchev–Trinajstić information content (AvgIpc) is 4.01. The van der Waals surface area contributed by atoms with Crippen molar-refractivity contribution in [3.8, 4) is 11.4 Å². The fourth-order valence-corrected chi connectivity index (χ4v) is 8.26. The predicted octanol–water partition coefficient (Wildman–Crippen LogP) is 5.48. The van der Waals surface area contributed by atoms with E-state index in [4.69, 9.17) is 23.7 Å². The van der Waals surface area contributed by atoms with Gasteiger partial charge in [0.05, 0.1) is 31.0 Å². The van der Waals surface area contributed by atoms with Crippen molar-refractivity contribution < 1.29 is 51.7 Å². The van der Waals surface area contributed by atoms with Crippen LogP contribution in [0.4, 0.5) is 25.0 Å². The number of rotatable bonds is 16. The Labute approximate surface area is 375 Å². The van der Waals surface area contributed by atoms with Crippen molar-refractivity contribution in [2.24, 2.45) is 5.92 Å². The first-order valence-electron chi connectivity index (χ1n) is 21.8. The highest BCUT2D eigenvalue weighted by Gasteiger charge is 2.46. The smallest absolute Gasteiger partial charge is 0.493 e. The van der Waals surface area contributed by atoms with Gasteiger partial charge in [0.25, 0.3) is 6.33 Å². The number of esters is 1. The van der Waals surface area contributed by atoms with Crippen molar-refractivity contribution in [3.05, 3.63) is 113 Å². The maximum Gasteiger partial charge on any atom is 0.511 e. The van der Waals surface area contributed by atoms with Gasteiger partial charge < -0.3 is 38.6 Å². The van der Waals surface area contributed by atoms with Crippen molar-refractivity contribution in [1.29, 1.82) is 0 Å². The van der Waals surface area contributed by atoms with Gasteiger partial charge in [-0.25, -0.2) is 32.4 Å². The minimum absolute atomic E-state index is 0.0565. The summed E-state index contributed by atoms with van der Waals surface area (Å²) in [5.41, 5.74) is 0.758. The van der Waals surface area contributed by atoms with Crippen LogP contribution in [0.1, 0.15) is 72.2 Å². The zero-order valence-electron chi connectivity index (χ0n) is 37.5. The number of piperazine rings is 1. The summed E-state index contributed by atoms with van der Waals surface area (Å²) in [6.45, 7) is 13.4. The van der Waals surface area contributed by atoms with Gasteiger partial charge in [-0.15, -0.1) is 4.68 Å². The van der Waals surface area contributed by atoms with Gasteiger partial charge in [0.15, 0.2) is 6.61 Å². The quantitative estimate of drug-likeness (QED) is 0.0978. The molecule has 4 heterocycles. The largest absolute Gasteiger partial charge is 0.511 e. The molecule has 2 fully saturated rings. The molecule has 0 spiro atoms. The third-order valence-electron chi connectivity index (χ3n) is 11.5. The van der Waals surface area contributed by atoms with Gasteiger partial charge in [-0.1, -0.05) is 13.0 Å². The molecule has 3 aromatic carbocycles. The Hall–Kier alpha value is -6.34. The normalized spacial score (nSPS) is 19.1. The molecule has 2 saturated heterocycles. The minimum atomic E-state index is -1.22. The number of hydrogen-bond acceptors (Lipinski definition) is 13. The highest BCUT2D eigenvalue weighted by atomic mass is 19.1. The number of ether oxygens (including phenoxy) is 5. The van der Waals surface area contributed by atoms with Gasteiger partial charge >= 0.3 is 17.8 Å². The summed E-state index contributed by atoms with van der Waals surface area (Å²) >= 11 is 0. The van der Waals surface area contributed by atoms with Crippen LogP contribution in [-0.4, -0.2) is 99.1 Å². The van der Waals surface area contributed by atoms with E-state index < -0.39 is 59.9 Å². The second-order valence-corrected chi connectivity index (χ2v) is 17.5. The van der Waals surface area contributed by atoms with E-state index in [1.807, 2.05) is 55.5 Å². The summed E-state index contributed by atoms with van der Waals surface area (Å²) in [7, 11) is 0. The molecule has 17 nitrogen and oxygen atoms in total. The molecule has 1 unspecified atom stereocenters. The standard InChI is InChI=1S/C46H57F2N8O9/c1-7-41(31(2)57)56-43(59)55(29-50-56)37-11-9-35(10-12-37)51-18-20-52(21-19-51)36-13-15-38(16-14-36)61-24-33-23-46(63-25-33,39-17-8-34(47)22-40(39)48)27-54-30-53(28-49-54)32(3)64-44(60)62-26-42(58)65-45(4,5)6/h8-17,22,28-33,41,57H,7,18-21,23-27H2,1-6H3/q+1/t31-,32?,33+,41-,46-/m0/s1. The molecule has 2 aliphatic rings. The van der Waals surface area contributed by atoms with Crippen LogP contribution in [0.2, 0.25) is 0 Å². The molecule has 19 heteroatoms. The molecule has 1 N–H and O–H groups in total. The first-order valence-corrected chi connectivity index (χ1v) is 21.8. The SMILES string of the molecule is CC[C@@H]([C@H](C)O)n1ncn(-c2ccc(N3CCN(c4ccc(OC[C@@H]5CO[C@@](Cn6c[n+](C(C)OC(=O)OCC(=O)OC(C)(C)C)cn6)(c6ccc(F)cc6F)C5)cc4)CC3)cc2)c1=O. The summed E-state index contributed by atoms with van der Waals surface area (Å²) in [5, 5.41) is 18.7. The van der Waals surface area contributed by atoms with Crippen LogP contribution in [-0.2, 0) is 35.9 Å². The van der Waals surface area contributed by atoms with E-state index >= 15 is 4.39 Å². The summed E-state index contributed by atoms with van der Waals surface area (Å²) in [4.78, 5) is 41.9. The number of hydrogen-bond donors (Lipinski definition) is 1. The Morgan fingerprint density at radius 2 is 1.60 bits per heavy atom. The maximum atomic E-state index is 15.4. The van der Waals surface area contributed by atoms with Gasteiger partial charge in [-0.2, -0.15) is 9.67 Å². The van der Waals surface area contributed by atoms with E-state index in [-0.39, 0.29) is 36.9 Å². The molecular weight excluding hydrogens is 847 g/mol. The Morgan fingerprint density at radius 3 is 2.22 bits per heavy atom. The average molecular weight is 904 g/mol. The molecule has 348 valence electrons. The van der Waals surface area contributed by atoms with Gasteiger partial charge in [-0.3, -0.25) is 0 Å². The van der Waals surface area contributed by atoms with E-state index in [0.29, 0.717) is 24.3 Å². The number of carbonyl (C=O) groups excluding carboxylic acids is 2. The van der Waals surface area contributed by atoms with Crippen molar-refractivity contribution in [2.75, 3.05) is 55.8 Å². The van der Waals surface area contributed by atoms with Gasteiger partial charge in [0, 0.05) is 67.1 Å². The summed E-state index contributed by atoms with van der Waals surface area (Å²) in [5.74, 6) is -1.65. The van der Waals surface area contributed by atoms with Crippen LogP contribution >= 0.6 is 0 Å². The van der Waals surface area contributed by atoms with Gasteiger partial charge in [0.2, 0.25) is 12.6 Å². The number of aromatic nitrogens is 6. The lowest BCUT2D eigenvalue weighted by atomic mass is 9.87. The van der Waals surface area contributed by atoms with E-state index in [1.54, 1.807) is 40.9 Å². The first-order chi connectivity index (χ1) is 31.0. The van der Waals surface area contributed by atoms with Crippen molar-refractivity contribution in [2.45, 2.75) is 90.5 Å². The molecule has 2 aliphatic heterocycles. The number of benzene rings is 3. The Bertz CT molecular complexity index is 2460. The van der Waals surface area contributed by atoms with Crippen LogP contribution in [0.15, 0.2) is 90.5 Å². The number of aliphatic hydroxyl groups is 1. The number of anilines is 2. The summed E-state index contributed by atoms with van der Waals surface area (Å²) < 4.78 is 63.3. The van der Waals surface area contributed by atoms with Crippen LogP contribution < -0.4 is 24.8 Å². The van der Waals surface area contributed by atoms with E-state index in [1.165, 1.54) is 43.3 Å². The minimum Gasteiger partial charge on any atom is -0.493 e. The van der Waals surface area contributed by atoms with Crippen LogP contribution in [0.3, 0.4) is 0 Å². The highest BCUT2D eigenvalue weighted by Crippen LogP contribution is 2.42. The molecule has 0 saturated carbocycles. The van der Waals surface area contributed by atoms with Crippen LogP contribution in [0, 0.1) is 17.6 Å². The van der Waals surface area contributed by atoms with Crippen LogP contribution in [0.25, 0.3) is 5.69 Å². The molecule has 0 radical (unpaired) electrons. The number of aliphatic hydroxyl groups excluding tert-OH is 1. The molecule has 2 aromatic heterocycles. The second-order valence-electron chi connectivity index (χ2n) is 17.5. The van der Waals surface area contributed by atoms with E-state index in [2.05, 4.69) is 20.0 Å². The van der Waals surface area contributed by atoms with Crippen LogP contribution in [0.5, 0.6) is 5.75 Å². The van der Waals surface area contributed by atoms with E-state index in [9.17, 15) is 23.9 Å². The maximum absolute atomic E-state index is 15.4. The highest BCUT2D eigenvalue weighted by molar-refractivity contribution is 5.74.